The number of carbonyl (C=O) groups is 1. The number of hydrogen-bond acceptors (Lipinski definition) is 4. The standard InChI is InChI=1S/C25H45N5O2/c1-2-26-24(28-22-10-13-30(18-22)23(31)21-8-4-5-9-21)27-19-25(11-6-3-7-12-25)20-29-14-16-32-17-15-29/h21-22H,2-20H2,1H3,(H2,26,27,28). The van der Waals surface area contributed by atoms with Crippen LogP contribution in [0.5, 0.6) is 0 Å². The molecule has 0 aromatic rings. The minimum Gasteiger partial charge on any atom is -0.379 e. The zero-order chi connectivity index (χ0) is 22.2. The van der Waals surface area contributed by atoms with Gasteiger partial charge in [0.1, 0.15) is 0 Å². The number of morpholine rings is 1. The minimum absolute atomic E-state index is 0.280. The van der Waals surface area contributed by atoms with Crippen molar-refractivity contribution < 1.29 is 9.53 Å². The Hall–Kier alpha value is -1.34. The first-order valence-corrected chi connectivity index (χ1v) is 13.3. The fourth-order valence-electron chi connectivity index (χ4n) is 6.17. The van der Waals surface area contributed by atoms with Crippen molar-refractivity contribution >= 4 is 11.9 Å². The zero-order valence-corrected chi connectivity index (χ0v) is 20.2. The smallest absolute Gasteiger partial charge is 0.225 e. The molecule has 2 N–H and O–H groups in total. The Morgan fingerprint density at radius 2 is 1.78 bits per heavy atom. The summed E-state index contributed by atoms with van der Waals surface area (Å²) >= 11 is 0. The molecule has 0 aromatic heterocycles. The Bertz CT molecular complexity index is 622. The number of likely N-dealkylation sites (tertiary alicyclic amines) is 1. The molecule has 2 aliphatic carbocycles. The third-order valence-electron chi connectivity index (χ3n) is 8.04. The largest absolute Gasteiger partial charge is 0.379 e. The monoisotopic (exact) mass is 447 g/mol. The average molecular weight is 448 g/mol. The molecule has 0 bridgehead atoms. The van der Waals surface area contributed by atoms with E-state index in [4.69, 9.17) is 9.73 Å². The maximum atomic E-state index is 12.8. The van der Waals surface area contributed by atoms with E-state index in [1.807, 2.05) is 0 Å². The summed E-state index contributed by atoms with van der Waals surface area (Å²) in [6.45, 7) is 10.6. The number of aliphatic imine (C=N–C) groups is 1. The highest BCUT2D eigenvalue weighted by molar-refractivity contribution is 5.81. The minimum atomic E-state index is 0.280. The Balaban J connectivity index is 1.34. The third kappa shape index (κ3) is 6.37. The van der Waals surface area contributed by atoms with Crippen LogP contribution < -0.4 is 10.6 Å². The number of hydrogen-bond donors (Lipinski definition) is 2. The normalized spacial score (nSPS) is 27.6. The number of nitrogens with one attached hydrogen (secondary N) is 2. The molecule has 2 heterocycles. The lowest BCUT2D eigenvalue weighted by molar-refractivity contribution is -0.134. The van der Waals surface area contributed by atoms with Gasteiger partial charge in [0.25, 0.3) is 0 Å². The van der Waals surface area contributed by atoms with Gasteiger partial charge in [0.2, 0.25) is 5.91 Å². The molecule has 2 saturated carbocycles. The lowest BCUT2D eigenvalue weighted by atomic mass is 9.73. The molecular weight excluding hydrogens is 402 g/mol. The molecule has 0 aromatic carbocycles. The van der Waals surface area contributed by atoms with E-state index in [9.17, 15) is 4.79 Å². The number of amides is 1. The molecule has 4 rings (SSSR count). The number of carbonyl (C=O) groups excluding carboxylic acids is 1. The maximum absolute atomic E-state index is 12.8. The zero-order valence-electron chi connectivity index (χ0n) is 20.2. The average Bonchev–Trinajstić information content (AvgIpc) is 3.51. The van der Waals surface area contributed by atoms with Gasteiger partial charge in [-0.2, -0.15) is 0 Å². The number of guanidine groups is 1. The molecule has 4 fully saturated rings. The summed E-state index contributed by atoms with van der Waals surface area (Å²) < 4.78 is 5.57. The summed E-state index contributed by atoms with van der Waals surface area (Å²) in [4.78, 5) is 22.6. The van der Waals surface area contributed by atoms with Crippen molar-refractivity contribution in [1.82, 2.24) is 20.4 Å². The van der Waals surface area contributed by atoms with Crippen LogP contribution in [0.1, 0.15) is 71.1 Å². The highest BCUT2D eigenvalue weighted by Gasteiger charge is 2.35. The second kappa shape index (κ2) is 11.7. The Kier molecular flexibility index (Phi) is 8.69. The van der Waals surface area contributed by atoms with Crippen molar-refractivity contribution in [3.63, 3.8) is 0 Å². The summed E-state index contributed by atoms with van der Waals surface area (Å²) in [5.41, 5.74) is 0.290. The molecule has 1 amide bonds. The van der Waals surface area contributed by atoms with Crippen LogP contribution in [0.3, 0.4) is 0 Å². The van der Waals surface area contributed by atoms with Gasteiger partial charge >= 0.3 is 0 Å². The number of ether oxygens (including phenoxy) is 1. The molecule has 7 heteroatoms. The van der Waals surface area contributed by atoms with Crippen molar-refractivity contribution in [2.24, 2.45) is 16.3 Å². The fourth-order valence-corrected chi connectivity index (χ4v) is 6.17. The van der Waals surface area contributed by atoms with E-state index in [-0.39, 0.29) is 11.3 Å². The highest BCUT2D eigenvalue weighted by Crippen LogP contribution is 2.37. The molecule has 0 spiro atoms. The van der Waals surface area contributed by atoms with Crippen LogP contribution >= 0.6 is 0 Å². The van der Waals surface area contributed by atoms with Crippen LogP contribution in [0, 0.1) is 11.3 Å². The van der Waals surface area contributed by atoms with Gasteiger partial charge in [-0.15, -0.1) is 0 Å². The van der Waals surface area contributed by atoms with Crippen molar-refractivity contribution in [2.45, 2.75) is 77.2 Å². The first kappa shape index (κ1) is 23.8. The van der Waals surface area contributed by atoms with Gasteiger partial charge in [0.15, 0.2) is 5.96 Å². The van der Waals surface area contributed by atoms with E-state index in [0.717, 1.165) is 84.2 Å². The van der Waals surface area contributed by atoms with Gasteiger partial charge < -0.3 is 20.3 Å². The van der Waals surface area contributed by atoms with Crippen molar-refractivity contribution in [2.75, 3.05) is 59.0 Å². The van der Waals surface area contributed by atoms with Crippen molar-refractivity contribution in [1.29, 1.82) is 0 Å². The lowest BCUT2D eigenvalue weighted by Gasteiger charge is -2.41. The SMILES string of the molecule is CCNC(=NCC1(CN2CCOCC2)CCCCC1)NC1CCN(C(=O)C2CCCC2)C1. The fraction of sp³-hybridized carbons (Fsp3) is 0.920. The molecular formula is C25H45N5O2. The molecule has 7 nitrogen and oxygen atoms in total. The van der Waals surface area contributed by atoms with E-state index in [2.05, 4.69) is 27.4 Å². The lowest BCUT2D eigenvalue weighted by Crippen LogP contribution is -2.48. The van der Waals surface area contributed by atoms with E-state index in [1.165, 1.54) is 44.9 Å². The van der Waals surface area contributed by atoms with E-state index in [0.29, 0.717) is 11.9 Å². The number of nitrogens with zero attached hydrogens (tertiary/aromatic N) is 3. The molecule has 2 saturated heterocycles. The van der Waals surface area contributed by atoms with Crippen LogP contribution in [-0.2, 0) is 9.53 Å². The molecule has 182 valence electrons. The quantitative estimate of drug-likeness (QED) is 0.464. The molecule has 0 radical (unpaired) electrons. The van der Waals surface area contributed by atoms with Gasteiger partial charge in [-0.3, -0.25) is 14.7 Å². The van der Waals surface area contributed by atoms with Crippen LogP contribution in [-0.4, -0.2) is 86.7 Å². The van der Waals surface area contributed by atoms with Crippen molar-refractivity contribution in [3.8, 4) is 0 Å². The predicted octanol–water partition coefficient (Wildman–Crippen LogP) is 2.62. The highest BCUT2D eigenvalue weighted by atomic mass is 16.5. The van der Waals surface area contributed by atoms with E-state index in [1.54, 1.807) is 0 Å². The summed E-state index contributed by atoms with van der Waals surface area (Å²) in [6.07, 6.45) is 12.2. The van der Waals surface area contributed by atoms with Gasteiger partial charge in [-0.05, 0) is 39.0 Å². The van der Waals surface area contributed by atoms with Gasteiger partial charge in [0, 0.05) is 63.2 Å². The molecule has 2 aliphatic heterocycles. The Morgan fingerprint density at radius 3 is 2.50 bits per heavy atom. The third-order valence-corrected chi connectivity index (χ3v) is 8.04. The van der Waals surface area contributed by atoms with Crippen molar-refractivity contribution in [3.05, 3.63) is 0 Å². The van der Waals surface area contributed by atoms with Crippen LogP contribution in [0.2, 0.25) is 0 Å². The second-order valence-corrected chi connectivity index (χ2v) is 10.5. The maximum Gasteiger partial charge on any atom is 0.225 e. The van der Waals surface area contributed by atoms with Gasteiger partial charge in [-0.25, -0.2) is 0 Å². The van der Waals surface area contributed by atoms with E-state index >= 15 is 0 Å². The summed E-state index contributed by atoms with van der Waals surface area (Å²) in [5, 5.41) is 7.14. The van der Waals surface area contributed by atoms with Gasteiger partial charge in [0.05, 0.1) is 13.2 Å². The molecule has 4 aliphatic rings. The molecule has 32 heavy (non-hydrogen) atoms. The van der Waals surface area contributed by atoms with Crippen LogP contribution in [0.4, 0.5) is 0 Å². The predicted molar refractivity (Wildman–Crippen MR) is 129 cm³/mol. The second-order valence-electron chi connectivity index (χ2n) is 10.5. The summed E-state index contributed by atoms with van der Waals surface area (Å²) in [6, 6.07) is 0.305. The van der Waals surface area contributed by atoms with Crippen LogP contribution in [0.15, 0.2) is 4.99 Å². The topological polar surface area (TPSA) is 69.2 Å². The van der Waals surface area contributed by atoms with E-state index < -0.39 is 0 Å². The summed E-state index contributed by atoms with van der Waals surface area (Å²) in [5.74, 6) is 1.60. The first-order chi connectivity index (χ1) is 15.7. The first-order valence-electron chi connectivity index (χ1n) is 13.3. The van der Waals surface area contributed by atoms with Gasteiger partial charge in [-0.1, -0.05) is 32.1 Å². The number of rotatable bonds is 7. The van der Waals surface area contributed by atoms with Crippen LogP contribution in [0.25, 0.3) is 0 Å². The molecule has 1 atom stereocenters. The Labute approximate surface area is 194 Å². The molecule has 1 unspecified atom stereocenters. The summed E-state index contributed by atoms with van der Waals surface area (Å²) in [7, 11) is 0. The Morgan fingerprint density at radius 1 is 1.03 bits per heavy atom.